The number of benzene rings is 2. The molecule has 0 spiro atoms. The lowest BCUT2D eigenvalue weighted by Gasteiger charge is -2.52. The van der Waals surface area contributed by atoms with Crippen LogP contribution < -0.4 is 0 Å². The minimum Gasteiger partial charge on any atom is -0.481 e. The highest BCUT2D eigenvalue weighted by molar-refractivity contribution is 5.94. The average Bonchev–Trinajstić information content (AvgIpc) is 3.25. The highest BCUT2D eigenvalue weighted by atomic mass is 19.4. The first-order valence-corrected chi connectivity index (χ1v) is 11.9. The van der Waals surface area contributed by atoms with Crippen LogP contribution in [0.25, 0.3) is 10.9 Å². The van der Waals surface area contributed by atoms with Gasteiger partial charge in [0, 0.05) is 42.2 Å². The maximum atomic E-state index is 14.7. The molecule has 1 amide bonds. The monoisotopic (exact) mass is 541 g/mol. The Balaban J connectivity index is 1.83. The van der Waals surface area contributed by atoms with Crippen LogP contribution in [0.4, 0.5) is 26.3 Å². The normalized spacial score (nSPS) is 21.1. The van der Waals surface area contributed by atoms with Crippen LogP contribution in [-0.2, 0) is 11.2 Å². The predicted octanol–water partition coefficient (Wildman–Crippen LogP) is 5.26. The second-order valence-corrected chi connectivity index (χ2v) is 9.23. The number of H-pyrrole nitrogens is 1. The molecule has 1 fully saturated rings. The van der Waals surface area contributed by atoms with Crippen molar-refractivity contribution in [3.63, 3.8) is 0 Å². The number of fused-ring (bicyclic) bond motifs is 1. The van der Waals surface area contributed by atoms with Crippen LogP contribution in [0.1, 0.15) is 28.8 Å². The number of carboxylic acid groups (broad SMARTS) is 1. The fourth-order valence-corrected chi connectivity index (χ4v) is 5.15. The number of aromatic nitrogens is 1. The van der Waals surface area contributed by atoms with Crippen LogP contribution in [0.3, 0.4) is 0 Å². The molecule has 3 unspecified atom stereocenters. The zero-order valence-corrected chi connectivity index (χ0v) is 20.0. The van der Waals surface area contributed by atoms with Crippen molar-refractivity contribution >= 4 is 22.8 Å². The lowest BCUT2D eigenvalue weighted by Crippen LogP contribution is -2.72. The van der Waals surface area contributed by atoms with Crippen molar-refractivity contribution in [2.75, 3.05) is 13.1 Å². The van der Waals surface area contributed by atoms with Crippen LogP contribution >= 0.6 is 0 Å². The van der Waals surface area contributed by atoms with Crippen molar-refractivity contribution in [3.05, 3.63) is 71.9 Å². The topological polar surface area (TPSA) is 76.6 Å². The Labute approximate surface area is 213 Å². The fourth-order valence-electron chi connectivity index (χ4n) is 5.15. The van der Waals surface area contributed by atoms with E-state index >= 15 is 0 Å². The molecule has 1 aromatic heterocycles. The molecule has 1 aliphatic heterocycles. The van der Waals surface area contributed by atoms with Crippen molar-refractivity contribution in [3.8, 4) is 0 Å². The van der Waals surface area contributed by atoms with E-state index in [1.807, 2.05) is 0 Å². The summed E-state index contributed by atoms with van der Waals surface area (Å²) in [5.74, 6) is -2.27. The largest absolute Gasteiger partial charge is 0.481 e. The molecule has 2 N–H and O–H groups in total. The van der Waals surface area contributed by atoms with Crippen molar-refractivity contribution in [1.82, 2.24) is 14.8 Å². The Morgan fingerprint density at radius 2 is 1.61 bits per heavy atom. The molecule has 0 saturated carbocycles. The van der Waals surface area contributed by atoms with Gasteiger partial charge in [0.25, 0.3) is 5.91 Å². The van der Waals surface area contributed by atoms with Gasteiger partial charge in [-0.15, -0.1) is 0 Å². The van der Waals surface area contributed by atoms with Crippen molar-refractivity contribution in [2.45, 2.75) is 49.7 Å². The summed E-state index contributed by atoms with van der Waals surface area (Å²) >= 11 is 0. The zero-order chi connectivity index (χ0) is 27.7. The maximum Gasteiger partial charge on any atom is 0.406 e. The van der Waals surface area contributed by atoms with Gasteiger partial charge in [0.2, 0.25) is 0 Å². The summed E-state index contributed by atoms with van der Waals surface area (Å²) in [5, 5.41) is 9.53. The van der Waals surface area contributed by atoms with Crippen LogP contribution in [0, 0.1) is 0 Å². The number of piperazine rings is 1. The van der Waals surface area contributed by atoms with E-state index in [0.29, 0.717) is 21.4 Å². The maximum absolute atomic E-state index is 14.7. The molecule has 3 aromatic rings. The van der Waals surface area contributed by atoms with E-state index in [1.165, 1.54) is 30.5 Å². The minimum atomic E-state index is -5.15. The number of aliphatic carboxylic acids is 1. The highest BCUT2D eigenvalue weighted by Gasteiger charge is 2.60. The molecular weight excluding hydrogens is 516 g/mol. The van der Waals surface area contributed by atoms with Gasteiger partial charge in [0.05, 0.1) is 6.04 Å². The molecule has 2 aromatic carbocycles. The van der Waals surface area contributed by atoms with Gasteiger partial charge >= 0.3 is 18.3 Å². The molecule has 0 bridgehead atoms. The first-order valence-electron chi connectivity index (χ1n) is 11.9. The smallest absolute Gasteiger partial charge is 0.406 e. The molecule has 0 radical (unpaired) electrons. The first-order chi connectivity index (χ1) is 17.9. The van der Waals surface area contributed by atoms with E-state index in [0.717, 1.165) is 0 Å². The third kappa shape index (κ3) is 5.79. The molecule has 2 heterocycles. The number of hydrogen-bond donors (Lipinski definition) is 2. The van der Waals surface area contributed by atoms with Gasteiger partial charge in [-0.3, -0.25) is 14.5 Å². The van der Waals surface area contributed by atoms with Crippen molar-refractivity contribution < 1.29 is 41.0 Å². The van der Waals surface area contributed by atoms with E-state index in [9.17, 15) is 35.9 Å². The third-order valence-electron chi connectivity index (χ3n) is 6.80. The van der Waals surface area contributed by atoms with Crippen molar-refractivity contribution in [2.24, 2.45) is 0 Å². The first kappa shape index (κ1) is 27.5. The summed E-state index contributed by atoms with van der Waals surface area (Å²) in [4.78, 5) is 28.3. The number of amides is 1. The number of alkyl halides is 6. The molecule has 0 aliphatic carbocycles. The molecule has 6 nitrogen and oxygen atoms in total. The second-order valence-electron chi connectivity index (χ2n) is 9.23. The number of nitrogens with one attached hydrogen (secondary N) is 1. The summed E-state index contributed by atoms with van der Waals surface area (Å²) in [5.41, 5.74) is 1.02. The molecule has 1 aliphatic rings. The number of carbonyl (C=O) groups is 2. The van der Waals surface area contributed by atoms with Gasteiger partial charge in [-0.1, -0.05) is 36.4 Å². The Morgan fingerprint density at radius 3 is 2.24 bits per heavy atom. The number of halogens is 6. The fraction of sp³-hybridized carbons (Fsp3) is 0.385. The standard InChI is InChI=1S/C26H25F6N3O3/c27-25(28,29)21-15-35(24(38)16-7-2-1-3-8-16)20(13-17-14-33-19-10-5-4-9-18(17)19)23(26(30,31)32)34(21)12-6-11-22(36)37/h1-5,7-10,14,20-21,23,33H,6,11-13,15H2,(H,36,37). The van der Waals surface area contributed by atoms with Gasteiger partial charge in [0.1, 0.15) is 12.1 Å². The summed E-state index contributed by atoms with van der Waals surface area (Å²) in [6, 6.07) is 7.02. The average molecular weight is 541 g/mol. The van der Waals surface area contributed by atoms with Gasteiger partial charge in [-0.25, -0.2) is 0 Å². The van der Waals surface area contributed by atoms with E-state index < -0.39 is 68.3 Å². The van der Waals surface area contributed by atoms with Gasteiger partial charge in [0.15, 0.2) is 0 Å². The number of rotatable bonds is 7. The number of carbonyl (C=O) groups excluding carboxylic acids is 1. The van der Waals surface area contributed by atoms with Gasteiger partial charge < -0.3 is 15.0 Å². The van der Waals surface area contributed by atoms with Crippen LogP contribution in [-0.4, -0.2) is 75.3 Å². The Hall–Kier alpha value is -3.54. The summed E-state index contributed by atoms with van der Waals surface area (Å²) < 4.78 is 86.8. The summed E-state index contributed by atoms with van der Waals surface area (Å²) in [7, 11) is 0. The Morgan fingerprint density at radius 1 is 0.947 bits per heavy atom. The third-order valence-corrected chi connectivity index (χ3v) is 6.80. The highest BCUT2D eigenvalue weighted by Crippen LogP contribution is 2.41. The Bertz CT molecular complexity index is 1270. The zero-order valence-electron chi connectivity index (χ0n) is 20.0. The number of para-hydroxylation sites is 1. The second kappa shape index (κ2) is 10.7. The van der Waals surface area contributed by atoms with Crippen LogP contribution in [0.5, 0.6) is 0 Å². The van der Waals surface area contributed by atoms with E-state index in [1.54, 1.807) is 30.3 Å². The summed E-state index contributed by atoms with van der Waals surface area (Å²) in [6.07, 6.45) is -10.1. The van der Waals surface area contributed by atoms with E-state index in [-0.39, 0.29) is 16.9 Å². The van der Waals surface area contributed by atoms with Gasteiger partial charge in [-0.2, -0.15) is 26.3 Å². The predicted molar refractivity (Wildman–Crippen MR) is 127 cm³/mol. The SMILES string of the molecule is O=C(O)CCCN1C(C(F)(F)F)CN(C(=O)c2ccccc2)C(Cc2c[nH]c3ccccc23)C1C(F)(F)F. The number of aromatic amines is 1. The lowest BCUT2D eigenvalue weighted by molar-refractivity contribution is -0.261. The number of hydrogen-bond acceptors (Lipinski definition) is 3. The molecule has 12 heteroatoms. The molecule has 3 atom stereocenters. The number of carboxylic acids is 1. The molecule has 38 heavy (non-hydrogen) atoms. The van der Waals surface area contributed by atoms with E-state index in [2.05, 4.69) is 4.98 Å². The van der Waals surface area contributed by atoms with Gasteiger partial charge in [-0.05, 0) is 36.6 Å². The van der Waals surface area contributed by atoms with E-state index in [4.69, 9.17) is 5.11 Å². The van der Waals surface area contributed by atoms with Crippen LogP contribution in [0.2, 0.25) is 0 Å². The molecule has 1 saturated heterocycles. The quantitative estimate of drug-likeness (QED) is 0.400. The summed E-state index contributed by atoms with van der Waals surface area (Å²) in [6.45, 7) is -1.78. The van der Waals surface area contributed by atoms with Crippen molar-refractivity contribution in [1.29, 1.82) is 0 Å². The minimum absolute atomic E-state index is 0.0300. The number of nitrogens with zero attached hydrogens (tertiary/aromatic N) is 2. The molecule has 204 valence electrons. The Kier molecular flexibility index (Phi) is 7.73. The molecular formula is C26H25F6N3O3. The lowest BCUT2D eigenvalue weighted by atomic mass is 9.89. The molecule has 4 rings (SSSR count). The van der Waals surface area contributed by atoms with Crippen LogP contribution in [0.15, 0.2) is 60.8 Å².